The number of hydrazone groups is 1. The number of urea groups is 1. The molecule has 0 aromatic heterocycles. The second-order valence-corrected chi connectivity index (χ2v) is 6.87. The number of benzene rings is 1. The lowest BCUT2D eigenvalue weighted by Gasteiger charge is -2.39. The molecule has 27 heavy (non-hydrogen) atoms. The monoisotopic (exact) mass is 410 g/mol. The van der Waals surface area contributed by atoms with Crippen LogP contribution in [0.4, 0.5) is 4.79 Å². The zero-order valence-corrected chi connectivity index (χ0v) is 16.0. The largest absolute Gasteiger partial charge is 0.338 e. The van der Waals surface area contributed by atoms with E-state index in [1.165, 1.54) is 29.4 Å². The van der Waals surface area contributed by atoms with Crippen molar-refractivity contribution in [3.05, 3.63) is 33.8 Å². The predicted octanol–water partition coefficient (Wildman–Crippen LogP) is 1.01. The number of likely N-dealkylation sites (N-methyl/N-ethyl adjacent to an activating group) is 2. The molecule has 0 aliphatic carbocycles. The van der Waals surface area contributed by atoms with Gasteiger partial charge in [-0.15, -0.1) is 0 Å². The first-order valence-corrected chi connectivity index (χ1v) is 8.65. The summed E-state index contributed by atoms with van der Waals surface area (Å²) < 4.78 is 0. The first-order chi connectivity index (χ1) is 12.8. The maximum atomic E-state index is 12.4. The van der Waals surface area contributed by atoms with Crippen molar-refractivity contribution in [1.82, 2.24) is 20.1 Å². The van der Waals surface area contributed by atoms with Crippen LogP contribution in [-0.2, 0) is 9.59 Å². The smallest absolute Gasteiger partial charge is 0.328 e. The molecule has 0 saturated carbocycles. The fourth-order valence-corrected chi connectivity index (χ4v) is 3.12. The highest BCUT2D eigenvalue weighted by Gasteiger charge is 2.48. The molecule has 1 N–H and O–H groups in total. The van der Waals surface area contributed by atoms with Gasteiger partial charge in [0, 0.05) is 14.1 Å². The number of carbonyl (C=O) groups is 3. The van der Waals surface area contributed by atoms with E-state index < -0.39 is 30.1 Å². The Balaban J connectivity index is 1.60. The zero-order chi connectivity index (χ0) is 19.7. The number of hydrogen-bond acceptors (Lipinski definition) is 6. The van der Waals surface area contributed by atoms with Crippen molar-refractivity contribution in [1.29, 1.82) is 0 Å². The highest BCUT2D eigenvalue weighted by molar-refractivity contribution is 6.42. The van der Waals surface area contributed by atoms with Gasteiger partial charge in [-0.05, 0) is 17.7 Å². The average molecular weight is 411 g/mol. The molecule has 1 aromatic rings. The third kappa shape index (κ3) is 3.74. The van der Waals surface area contributed by atoms with Crippen molar-refractivity contribution in [2.45, 2.75) is 12.2 Å². The van der Waals surface area contributed by atoms with E-state index in [9.17, 15) is 14.4 Å². The van der Waals surface area contributed by atoms with Gasteiger partial charge in [-0.3, -0.25) is 14.5 Å². The predicted molar refractivity (Wildman–Crippen MR) is 101 cm³/mol. The number of fused-ring (bicyclic) bond motifs is 1. The summed E-state index contributed by atoms with van der Waals surface area (Å²) in [7, 11) is 2.96. The van der Waals surface area contributed by atoms with Crippen LogP contribution in [-0.4, -0.2) is 77.9 Å². The third-order valence-corrected chi connectivity index (χ3v) is 4.99. The number of imide groups is 1. The fraction of sp³-hybridized carbons (Fsp3) is 0.312. The highest BCUT2D eigenvalue weighted by Crippen LogP contribution is 2.24. The van der Waals surface area contributed by atoms with Crippen LogP contribution in [0.15, 0.2) is 28.3 Å². The third-order valence-electron chi connectivity index (χ3n) is 4.25. The van der Waals surface area contributed by atoms with Crippen LogP contribution < -0.4 is 5.43 Å². The van der Waals surface area contributed by atoms with E-state index in [0.29, 0.717) is 15.6 Å². The van der Waals surface area contributed by atoms with E-state index >= 15 is 0 Å². The molecule has 2 heterocycles. The molecule has 1 aromatic carbocycles. The topological polar surface area (TPSA) is 97.7 Å². The minimum absolute atomic E-state index is 0.134. The summed E-state index contributed by atoms with van der Waals surface area (Å²) in [6.45, 7) is -0.134. The summed E-state index contributed by atoms with van der Waals surface area (Å²) in [6.07, 6.45) is 2.18. The molecule has 2 aliphatic heterocycles. The Kier molecular flexibility index (Phi) is 5.33. The molecule has 0 spiro atoms. The second kappa shape index (κ2) is 7.53. The van der Waals surface area contributed by atoms with Crippen molar-refractivity contribution in [2.24, 2.45) is 10.1 Å². The maximum Gasteiger partial charge on any atom is 0.328 e. The molecular weight excluding hydrogens is 395 g/mol. The summed E-state index contributed by atoms with van der Waals surface area (Å²) in [5.41, 5.74) is 3.04. The van der Waals surface area contributed by atoms with Crippen LogP contribution in [0.3, 0.4) is 0 Å². The van der Waals surface area contributed by atoms with Crippen LogP contribution in [0, 0.1) is 0 Å². The molecule has 2 atom stereocenters. The van der Waals surface area contributed by atoms with Gasteiger partial charge in [-0.2, -0.15) is 5.10 Å². The van der Waals surface area contributed by atoms with Crippen LogP contribution in [0.5, 0.6) is 0 Å². The van der Waals surface area contributed by atoms with Crippen molar-refractivity contribution < 1.29 is 14.4 Å². The number of aliphatic imine (C=N–C) groups is 1. The number of halogens is 2. The summed E-state index contributed by atoms with van der Waals surface area (Å²) in [5, 5.41) is 4.66. The fourth-order valence-electron chi connectivity index (χ4n) is 2.81. The van der Waals surface area contributed by atoms with Gasteiger partial charge < -0.3 is 9.80 Å². The Morgan fingerprint density at radius 1 is 1.30 bits per heavy atom. The van der Waals surface area contributed by atoms with E-state index in [0.717, 1.165) is 4.90 Å². The number of rotatable bonds is 4. The molecule has 3 rings (SSSR count). The van der Waals surface area contributed by atoms with E-state index in [2.05, 4.69) is 15.5 Å². The molecule has 0 radical (unpaired) electrons. The van der Waals surface area contributed by atoms with Gasteiger partial charge in [0.05, 0.1) is 22.6 Å². The molecule has 142 valence electrons. The zero-order valence-electron chi connectivity index (χ0n) is 14.5. The second-order valence-electron chi connectivity index (χ2n) is 6.05. The van der Waals surface area contributed by atoms with Crippen molar-refractivity contribution in [3.8, 4) is 0 Å². The van der Waals surface area contributed by atoms with Crippen molar-refractivity contribution >= 4 is 53.6 Å². The Morgan fingerprint density at radius 3 is 2.74 bits per heavy atom. The Morgan fingerprint density at radius 2 is 2.04 bits per heavy atom. The van der Waals surface area contributed by atoms with Gasteiger partial charge in [-0.1, -0.05) is 29.3 Å². The average Bonchev–Trinajstić information content (AvgIpc) is 3.04. The van der Waals surface area contributed by atoms with E-state index in [4.69, 9.17) is 23.2 Å². The molecule has 1 fully saturated rings. The minimum Gasteiger partial charge on any atom is -0.338 e. The number of hydrogen-bond donors (Lipinski definition) is 1. The van der Waals surface area contributed by atoms with Gasteiger partial charge in [0.2, 0.25) is 0 Å². The highest BCUT2D eigenvalue weighted by atomic mass is 35.5. The number of nitrogens with one attached hydrogen (secondary N) is 1. The summed E-state index contributed by atoms with van der Waals surface area (Å²) in [4.78, 5) is 44.5. The van der Waals surface area contributed by atoms with Gasteiger partial charge in [0.1, 0.15) is 6.54 Å². The molecule has 11 heteroatoms. The van der Waals surface area contributed by atoms with Crippen LogP contribution >= 0.6 is 23.2 Å². The van der Waals surface area contributed by atoms with Gasteiger partial charge in [-0.25, -0.2) is 15.2 Å². The van der Waals surface area contributed by atoms with Crippen molar-refractivity contribution in [2.75, 3.05) is 20.6 Å². The summed E-state index contributed by atoms with van der Waals surface area (Å²) >= 11 is 11.8. The molecule has 2 aliphatic rings. The minimum atomic E-state index is -0.734. The standard InChI is InChI=1S/C16H16Cl2N6O3/c1-22-14-13(15(26)23(2)16(22)27)24(8-19-14)7-12(25)21-20-6-9-3-4-10(17)11(18)5-9/h3-6,8,13-14H,7H2,1-2H3,(H,21,25)/b20-6+. The lowest BCUT2D eigenvalue weighted by Crippen LogP contribution is -2.64. The Labute approximate surface area is 165 Å². The number of nitrogens with zero attached hydrogens (tertiary/aromatic N) is 5. The van der Waals surface area contributed by atoms with Gasteiger partial charge in [0.25, 0.3) is 11.8 Å². The SMILES string of the molecule is CN1C(=O)C2C(N=CN2CC(=O)N/N=C/c2ccc(Cl)c(Cl)c2)N(C)C1=O. The van der Waals surface area contributed by atoms with E-state index in [1.807, 2.05) is 0 Å². The normalized spacial score (nSPS) is 22.0. The van der Waals surface area contributed by atoms with E-state index in [1.54, 1.807) is 25.2 Å². The lowest BCUT2D eigenvalue weighted by atomic mass is 10.1. The number of amides is 4. The quantitative estimate of drug-likeness (QED) is 0.591. The van der Waals surface area contributed by atoms with Crippen LogP contribution in [0.2, 0.25) is 10.0 Å². The van der Waals surface area contributed by atoms with E-state index in [-0.39, 0.29) is 6.54 Å². The molecular formula is C16H16Cl2N6O3. The Bertz CT molecular complexity index is 859. The van der Waals surface area contributed by atoms with Crippen molar-refractivity contribution in [3.63, 3.8) is 0 Å². The molecule has 9 nitrogen and oxygen atoms in total. The van der Waals surface area contributed by atoms with Gasteiger partial charge >= 0.3 is 6.03 Å². The van der Waals surface area contributed by atoms with Crippen LogP contribution in [0.25, 0.3) is 0 Å². The maximum absolute atomic E-state index is 12.4. The first-order valence-electron chi connectivity index (χ1n) is 7.90. The molecule has 0 bridgehead atoms. The summed E-state index contributed by atoms with van der Waals surface area (Å²) in [5.74, 6) is -0.846. The van der Waals surface area contributed by atoms with Gasteiger partial charge in [0.15, 0.2) is 12.2 Å². The molecule has 1 saturated heterocycles. The van der Waals surface area contributed by atoms with Crippen LogP contribution in [0.1, 0.15) is 5.56 Å². The molecule has 4 amide bonds. The molecule has 2 unspecified atom stereocenters. The first kappa shape index (κ1) is 19.1. The lowest BCUT2D eigenvalue weighted by molar-refractivity contribution is -0.136. The Hall–Kier alpha value is -2.65. The summed E-state index contributed by atoms with van der Waals surface area (Å²) in [6, 6.07) is 3.76. The number of carbonyl (C=O) groups excluding carboxylic acids is 3.